The smallest absolute Gasteiger partial charge is 0.154 e. The van der Waals surface area contributed by atoms with Crippen LogP contribution in [0.2, 0.25) is 0 Å². The number of hydrogen-bond donors (Lipinski definition) is 0. The molecule has 4 atom stereocenters. The molecule has 0 spiro atoms. The monoisotopic (exact) mass is 267 g/mol. The van der Waals surface area contributed by atoms with Gasteiger partial charge in [0.25, 0.3) is 0 Å². The van der Waals surface area contributed by atoms with E-state index < -0.39 is 5.92 Å². The van der Waals surface area contributed by atoms with E-state index in [1.54, 1.807) is 0 Å². The zero-order valence-corrected chi connectivity index (χ0v) is 12.0. The van der Waals surface area contributed by atoms with Gasteiger partial charge in [0.05, 0.1) is 6.07 Å². The molecule has 0 N–H and O–H groups in total. The van der Waals surface area contributed by atoms with Gasteiger partial charge in [0, 0.05) is 6.42 Å². The zero-order chi connectivity index (χ0) is 14.1. The SMILES string of the molecule is Cc1ccccc1C(C#N)C(=O)CC1CC2CCC1C2. The summed E-state index contributed by atoms with van der Waals surface area (Å²) in [5.41, 5.74) is 1.93. The highest BCUT2D eigenvalue weighted by Gasteiger charge is 2.41. The fraction of sp³-hybridized carbons (Fsp3) is 0.556. The van der Waals surface area contributed by atoms with E-state index in [0.29, 0.717) is 12.3 Å². The van der Waals surface area contributed by atoms with E-state index in [-0.39, 0.29) is 5.78 Å². The summed E-state index contributed by atoms with van der Waals surface area (Å²) in [4.78, 5) is 12.5. The number of aryl methyl sites for hydroxylation is 1. The summed E-state index contributed by atoms with van der Waals surface area (Å²) in [6, 6.07) is 9.99. The van der Waals surface area contributed by atoms with Crippen molar-refractivity contribution in [3.05, 3.63) is 35.4 Å². The average molecular weight is 267 g/mol. The Labute approximate surface area is 120 Å². The number of nitriles is 1. The Bertz CT molecular complexity index is 557. The summed E-state index contributed by atoms with van der Waals surface area (Å²) in [5.74, 6) is 1.70. The molecule has 2 saturated carbocycles. The van der Waals surface area contributed by atoms with Crippen LogP contribution >= 0.6 is 0 Å². The number of carbonyl (C=O) groups is 1. The molecule has 3 rings (SSSR count). The summed E-state index contributed by atoms with van der Waals surface area (Å²) in [6.45, 7) is 1.98. The van der Waals surface area contributed by atoms with Crippen molar-refractivity contribution in [1.29, 1.82) is 5.26 Å². The van der Waals surface area contributed by atoms with Gasteiger partial charge >= 0.3 is 0 Å². The highest BCUT2D eigenvalue weighted by Crippen LogP contribution is 2.50. The number of hydrogen-bond acceptors (Lipinski definition) is 2. The van der Waals surface area contributed by atoms with Crippen molar-refractivity contribution in [3.8, 4) is 6.07 Å². The number of rotatable bonds is 4. The number of benzene rings is 1. The highest BCUT2D eigenvalue weighted by molar-refractivity contribution is 5.89. The van der Waals surface area contributed by atoms with E-state index in [2.05, 4.69) is 6.07 Å². The van der Waals surface area contributed by atoms with Crippen molar-refractivity contribution < 1.29 is 4.79 Å². The Kier molecular flexibility index (Phi) is 3.61. The lowest BCUT2D eigenvalue weighted by Crippen LogP contribution is -2.20. The first-order valence-corrected chi connectivity index (χ1v) is 7.67. The van der Waals surface area contributed by atoms with Crippen LogP contribution in [0.15, 0.2) is 24.3 Å². The van der Waals surface area contributed by atoms with Crippen LogP contribution in [-0.2, 0) is 4.79 Å². The fourth-order valence-corrected chi connectivity index (χ4v) is 4.23. The highest BCUT2D eigenvalue weighted by atomic mass is 16.1. The molecule has 2 aliphatic rings. The summed E-state index contributed by atoms with van der Waals surface area (Å²) in [6.07, 6.45) is 5.79. The number of Topliss-reactive ketones (excluding diaryl/α,β-unsaturated/α-hetero) is 1. The van der Waals surface area contributed by atoms with E-state index in [9.17, 15) is 10.1 Å². The largest absolute Gasteiger partial charge is 0.298 e. The molecule has 1 aromatic carbocycles. The van der Waals surface area contributed by atoms with Crippen molar-refractivity contribution in [2.24, 2.45) is 17.8 Å². The van der Waals surface area contributed by atoms with Gasteiger partial charge in [-0.2, -0.15) is 5.26 Å². The van der Waals surface area contributed by atoms with Gasteiger partial charge in [0.15, 0.2) is 5.78 Å². The summed E-state index contributed by atoms with van der Waals surface area (Å²) >= 11 is 0. The van der Waals surface area contributed by atoms with Gasteiger partial charge in [0.1, 0.15) is 5.92 Å². The summed E-state index contributed by atoms with van der Waals surface area (Å²) in [5, 5.41) is 9.41. The van der Waals surface area contributed by atoms with E-state index in [4.69, 9.17) is 0 Å². The van der Waals surface area contributed by atoms with Crippen molar-refractivity contribution in [2.75, 3.05) is 0 Å². The maximum atomic E-state index is 12.5. The molecule has 0 aromatic heterocycles. The van der Waals surface area contributed by atoms with Crippen LogP contribution in [-0.4, -0.2) is 5.78 Å². The van der Waals surface area contributed by atoms with Crippen LogP contribution in [0.1, 0.15) is 49.1 Å². The normalized spacial score (nSPS) is 29.1. The molecular formula is C18H21NO. The molecule has 0 amide bonds. The molecule has 2 fully saturated rings. The number of fused-ring (bicyclic) bond motifs is 2. The molecule has 2 nitrogen and oxygen atoms in total. The molecule has 0 heterocycles. The lowest BCUT2D eigenvalue weighted by molar-refractivity contribution is -0.120. The Morgan fingerprint density at radius 3 is 2.75 bits per heavy atom. The van der Waals surface area contributed by atoms with Crippen LogP contribution in [0.3, 0.4) is 0 Å². The van der Waals surface area contributed by atoms with Gasteiger partial charge in [-0.15, -0.1) is 0 Å². The number of nitrogens with zero attached hydrogens (tertiary/aromatic N) is 1. The standard InChI is InChI=1S/C18H21NO/c1-12-4-2-3-5-16(12)17(11-19)18(20)10-15-9-13-6-7-14(15)8-13/h2-5,13-15,17H,6-10H2,1H3. The van der Waals surface area contributed by atoms with Crippen LogP contribution in [0, 0.1) is 36.0 Å². The lowest BCUT2D eigenvalue weighted by Gasteiger charge is -2.22. The van der Waals surface area contributed by atoms with E-state index in [1.807, 2.05) is 31.2 Å². The van der Waals surface area contributed by atoms with E-state index >= 15 is 0 Å². The molecule has 1 aromatic rings. The summed E-state index contributed by atoms with van der Waals surface area (Å²) < 4.78 is 0. The topological polar surface area (TPSA) is 40.9 Å². The van der Waals surface area contributed by atoms with Gasteiger partial charge in [-0.25, -0.2) is 0 Å². The second-order valence-corrected chi connectivity index (χ2v) is 6.52. The number of carbonyl (C=O) groups excluding carboxylic acids is 1. The van der Waals surface area contributed by atoms with Gasteiger partial charge < -0.3 is 0 Å². The first-order valence-electron chi connectivity index (χ1n) is 7.67. The second-order valence-electron chi connectivity index (χ2n) is 6.52. The summed E-state index contributed by atoms with van der Waals surface area (Å²) in [7, 11) is 0. The van der Waals surface area contributed by atoms with Crippen LogP contribution in [0.4, 0.5) is 0 Å². The predicted octanol–water partition coefficient (Wildman–Crippen LogP) is 4.00. The zero-order valence-electron chi connectivity index (χ0n) is 12.0. The Morgan fingerprint density at radius 2 is 2.15 bits per heavy atom. The van der Waals surface area contributed by atoms with E-state index in [0.717, 1.165) is 23.0 Å². The minimum Gasteiger partial charge on any atom is -0.298 e. The van der Waals surface area contributed by atoms with Crippen molar-refractivity contribution in [1.82, 2.24) is 0 Å². The molecule has 0 radical (unpaired) electrons. The molecule has 2 aliphatic carbocycles. The van der Waals surface area contributed by atoms with Crippen LogP contribution in [0.5, 0.6) is 0 Å². The maximum absolute atomic E-state index is 12.5. The van der Waals surface area contributed by atoms with Crippen LogP contribution < -0.4 is 0 Å². The lowest BCUT2D eigenvalue weighted by atomic mass is 9.81. The molecular weight excluding hydrogens is 246 g/mol. The quantitative estimate of drug-likeness (QED) is 0.827. The molecule has 20 heavy (non-hydrogen) atoms. The van der Waals surface area contributed by atoms with Gasteiger partial charge in [-0.3, -0.25) is 4.79 Å². The molecule has 0 saturated heterocycles. The first kappa shape index (κ1) is 13.4. The fourth-order valence-electron chi connectivity index (χ4n) is 4.23. The van der Waals surface area contributed by atoms with Gasteiger partial charge in [-0.1, -0.05) is 30.7 Å². The van der Waals surface area contributed by atoms with Crippen molar-refractivity contribution in [2.45, 2.75) is 44.9 Å². The Morgan fingerprint density at radius 1 is 1.35 bits per heavy atom. The average Bonchev–Trinajstić information content (AvgIpc) is 3.04. The van der Waals surface area contributed by atoms with Gasteiger partial charge in [-0.05, 0) is 55.1 Å². The predicted molar refractivity (Wildman–Crippen MR) is 78.1 cm³/mol. The van der Waals surface area contributed by atoms with Gasteiger partial charge in [0.2, 0.25) is 0 Å². The third kappa shape index (κ3) is 2.38. The minimum absolute atomic E-state index is 0.124. The maximum Gasteiger partial charge on any atom is 0.154 e. The second kappa shape index (κ2) is 5.40. The first-order chi connectivity index (χ1) is 9.69. The van der Waals surface area contributed by atoms with Crippen molar-refractivity contribution >= 4 is 5.78 Å². The molecule has 4 unspecified atom stereocenters. The molecule has 0 aliphatic heterocycles. The molecule has 2 heteroatoms. The molecule has 2 bridgehead atoms. The minimum atomic E-state index is -0.574. The Balaban J connectivity index is 1.72. The van der Waals surface area contributed by atoms with Crippen LogP contribution in [0.25, 0.3) is 0 Å². The molecule has 104 valence electrons. The van der Waals surface area contributed by atoms with E-state index in [1.165, 1.54) is 25.7 Å². The Hall–Kier alpha value is -1.62. The third-order valence-electron chi connectivity index (χ3n) is 5.30. The van der Waals surface area contributed by atoms with Crippen molar-refractivity contribution in [3.63, 3.8) is 0 Å². The number of ketones is 1. The third-order valence-corrected chi connectivity index (χ3v) is 5.30.